The number of phenolic OH excluding ortho intramolecular Hbond substituents is 1. The van der Waals surface area contributed by atoms with Crippen LogP contribution in [0.1, 0.15) is 31.2 Å². The molecule has 4 atom stereocenters. The van der Waals surface area contributed by atoms with Crippen molar-refractivity contribution in [3.8, 4) is 5.75 Å². The molecule has 0 aliphatic carbocycles. The molecular weight excluding hydrogens is 462 g/mol. The van der Waals surface area contributed by atoms with E-state index in [-0.39, 0.29) is 31.6 Å². The number of aromatic hydroxyl groups is 1. The second kappa shape index (κ2) is 12.7. The zero-order chi connectivity index (χ0) is 26.1. The molecule has 0 radical (unpaired) electrons. The number of nitrogens with two attached hydrogens (primary N) is 2. The highest BCUT2D eigenvalue weighted by molar-refractivity contribution is 5.94. The molecule has 1 aliphatic heterocycles. The van der Waals surface area contributed by atoms with Crippen molar-refractivity contribution in [3.63, 3.8) is 0 Å². The van der Waals surface area contributed by atoms with Crippen LogP contribution in [0.4, 0.5) is 0 Å². The van der Waals surface area contributed by atoms with Crippen molar-refractivity contribution in [2.45, 2.75) is 56.3 Å². The van der Waals surface area contributed by atoms with Crippen LogP contribution >= 0.6 is 0 Å². The van der Waals surface area contributed by atoms with Crippen molar-refractivity contribution in [2.24, 2.45) is 11.5 Å². The van der Waals surface area contributed by atoms with Crippen LogP contribution in [-0.2, 0) is 30.4 Å². The fourth-order valence-electron chi connectivity index (χ4n) is 3.76. The Hall–Kier alpha value is -3.71. The number of aliphatic carboxylic acids is 1. The number of nitrogens with one attached hydrogen (secondary N) is 2. The summed E-state index contributed by atoms with van der Waals surface area (Å²) >= 11 is 0. The number of nitrogens with zero attached hydrogens (tertiary/aromatic N) is 1. The largest absolute Gasteiger partial charge is 0.508 e. The molecule has 192 valence electrons. The lowest BCUT2D eigenvalue weighted by Crippen LogP contribution is -2.57. The molecule has 0 spiro atoms. The molecule has 1 aromatic carbocycles. The standard InChI is InChI=1S/C22H31N5O8/c23-14(11-28)21(33)27-9-1-2-17(27)20(32)25-15(7-8-18(24)30)19(31)26-16(22(34)35)10-12-3-5-13(29)6-4-12/h3-6,14-17,28-29H,1-2,7-11,23H2,(H2,24,30)(H,25,32)(H,26,31)(H,34,35). The normalized spacial score (nSPS) is 17.8. The summed E-state index contributed by atoms with van der Waals surface area (Å²) in [6.45, 7) is -0.346. The number of rotatable bonds is 12. The van der Waals surface area contributed by atoms with Crippen LogP contribution in [-0.4, -0.2) is 87.1 Å². The Morgan fingerprint density at radius 3 is 2.31 bits per heavy atom. The Morgan fingerprint density at radius 2 is 1.74 bits per heavy atom. The van der Waals surface area contributed by atoms with Gasteiger partial charge in [-0.15, -0.1) is 0 Å². The summed E-state index contributed by atoms with van der Waals surface area (Å²) in [6.07, 6.45) is 0.278. The third-order valence-corrected chi connectivity index (χ3v) is 5.66. The molecule has 1 fully saturated rings. The summed E-state index contributed by atoms with van der Waals surface area (Å²) in [5, 5.41) is 32.9. The average Bonchev–Trinajstić information content (AvgIpc) is 3.31. The first kappa shape index (κ1) is 27.5. The van der Waals surface area contributed by atoms with Crippen molar-refractivity contribution in [1.82, 2.24) is 15.5 Å². The Morgan fingerprint density at radius 1 is 1.09 bits per heavy atom. The first-order valence-corrected chi connectivity index (χ1v) is 11.1. The number of primary amides is 1. The van der Waals surface area contributed by atoms with Gasteiger partial charge >= 0.3 is 5.97 Å². The summed E-state index contributed by atoms with van der Waals surface area (Å²) in [7, 11) is 0. The number of phenols is 1. The van der Waals surface area contributed by atoms with Crippen molar-refractivity contribution in [2.75, 3.05) is 13.2 Å². The molecule has 13 heteroatoms. The average molecular weight is 494 g/mol. The number of carboxylic acids is 1. The molecular formula is C22H31N5O8. The van der Waals surface area contributed by atoms with E-state index in [0.29, 0.717) is 18.4 Å². The number of aliphatic hydroxyl groups is 1. The van der Waals surface area contributed by atoms with Gasteiger partial charge in [-0.1, -0.05) is 12.1 Å². The van der Waals surface area contributed by atoms with E-state index in [2.05, 4.69) is 10.6 Å². The van der Waals surface area contributed by atoms with Crippen molar-refractivity contribution in [3.05, 3.63) is 29.8 Å². The second-order valence-electron chi connectivity index (χ2n) is 8.31. The van der Waals surface area contributed by atoms with E-state index < -0.39 is 60.4 Å². The maximum Gasteiger partial charge on any atom is 0.326 e. The smallest absolute Gasteiger partial charge is 0.326 e. The summed E-state index contributed by atoms with van der Waals surface area (Å²) < 4.78 is 0. The second-order valence-corrected chi connectivity index (χ2v) is 8.31. The topological polar surface area (TPSA) is 225 Å². The predicted octanol–water partition coefficient (Wildman–Crippen LogP) is -2.43. The monoisotopic (exact) mass is 493 g/mol. The van der Waals surface area contributed by atoms with E-state index in [1.807, 2.05) is 0 Å². The third kappa shape index (κ3) is 7.93. The van der Waals surface area contributed by atoms with Crippen molar-refractivity contribution >= 4 is 29.6 Å². The van der Waals surface area contributed by atoms with Gasteiger partial charge < -0.3 is 42.3 Å². The number of benzene rings is 1. The molecule has 0 bridgehead atoms. The third-order valence-electron chi connectivity index (χ3n) is 5.66. The van der Waals surface area contributed by atoms with Crippen LogP contribution < -0.4 is 22.1 Å². The molecule has 4 unspecified atom stereocenters. The minimum Gasteiger partial charge on any atom is -0.508 e. The minimum absolute atomic E-state index is 0.00160. The van der Waals surface area contributed by atoms with Crippen LogP contribution in [0.3, 0.4) is 0 Å². The molecule has 0 aromatic heterocycles. The molecule has 1 heterocycles. The Kier molecular flexibility index (Phi) is 9.97. The fourth-order valence-corrected chi connectivity index (χ4v) is 3.76. The van der Waals surface area contributed by atoms with Gasteiger partial charge in [0.2, 0.25) is 23.6 Å². The molecule has 1 aromatic rings. The van der Waals surface area contributed by atoms with Gasteiger partial charge in [-0.25, -0.2) is 4.79 Å². The number of hydrogen-bond acceptors (Lipinski definition) is 8. The number of likely N-dealkylation sites (tertiary alicyclic amines) is 1. The van der Waals surface area contributed by atoms with Gasteiger partial charge in [-0.3, -0.25) is 19.2 Å². The van der Waals surface area contributed by atoms with Crippen LogP contribution in [0.2, 0.25) is 0 Å². The summed E-state index contributed by atoms with van der Waals surface area (Å²) in [6, 6.07) is 1.00. The lowest BCUT2D eigenvalue weighted by atomic mass is 10.0. The van der Waals surface area contributed by atoms with Crippen LogP contribution in [0.25, 0.3) is 0 Å². The SMILES string of the molecule is NC(=O)CCC(NC(=O)C1CCCN1C(=O)C(N)CO)C(=O)NC(Cc1ccc(O)cc1)C(=O)O. The Bertz CT molecular complexity index is 938. The van der Waals surface area contributed by atoms with Gasteiger partial charge in [0, 0.05) is 19.4 Å². The van der Waals surface area contributed by atoms with Crippen molar-refractivity contribution < 1.29 is 39.3 Å². The maximum absolute atomic E-state index is 12.9. The molecule has 0 saturated carbocycles. The number of carbonyl (C=O) groups is 5. The van der Waals surface area contributed by atoms with Crippen LogP contribution in [0.15, 0.2) is 24.3 Å². The number of aliphatic hydroxyl groups excluding tert-OH is 1. The van der Waals surface area contributed by atoms with E-state index >= 15 is 0 Å². The van der Waals surface area contributed by atoms with E-state index in [1.54, 1.807) is 0 Å². The highest BCUT2D eigenvalue weighted by Crippen LogP contribution is 2.19. The van der Waals surface area contributed by atoms with Gasteiger partial charge in [-0.05, 0) is 37.0 Å². The molecule has 1 saturated heterocycles. The molecule has 2 rings (SSSR count). The van der Waals surface area contributed by atoms with Crippen molar-refractivity contribution in [1.29, 1.82) is 0 Å². The first-order valence-electron chi connectivity index (χ1n) is 11.1. The molecule has 13 nitrogen and oxygen atoms in total. The summed E-state index contributed by atoms with van der Waals surface area (Å²) in [5.74, 6) is -4.16. The summed E-state index contributed by atoms with van der Waals surface area (Å²) in [5.41, 5.74) is 11.3. The maximum atomic E-state index is 12.9. The van der Waals surface area contributed by atoms with Crippen LogP contribution in [0.5, 0.6) is 5.75 Å². The zero-order valence-corrected chi connectivity index (χ0v) is 19.1. The van der Waals surface area contributed by atoms with Crippen LogP contribution in [0, 0.1) is 0 Å². The lowest BCUT2D eigenvalue weighted by molar-refractivity contribution is -0.143. The van der Waals surface area contributed by atoms with E-state index in [4.69, 9.17) is 16.6 Å². The Labute approximate surface area is 201 Å². The molecule has 4 amide bonds. The Balaban J connectivity index is 2.13. The zero-order valence-electron chi connectivity index (χ0n) is 19.1. The van der Waals surface area contributed by atoms with E-state index in [9.17, 15) is 34.2 Å². The molecule has 9 N–H and O–H groups in total. The molecule has 1 aliphatic rings. The highest BCUT2D eigenvalue weighted by Gasteiger charge is 2.37. The van der Waals surface area contributed by atoms with Gasteiger partial charge in [0.05, 0.1) is 6.61 Å². The van der Waals surface area contributed by atoms with Gasteiger partial charge in [0.25, 0.3) is 0 Å². The van der Waals surface area contributed by atoms with E-state index in [0.717, 1.165) is 0 Å². The highest BCUT2D eigenvalue weighted by atomic mass is 16.4. The van der Waals surface area contributed by atoms with Gasteiger partial charge in [-0.2, -0.15) is 0 Å². The quantitative estimate of drug-likeness (QED) is 0.164. The predicted molar refractivity (Wildman–Crippen MR) is 122 cm³/mol. The number of hydrogen-bond donors (Lipinski definition) is 7. The fraction of sp³-hybridized carbons (Fsp3) is 0.500. The first-order chi connectivity index (χ1) is 16.5. The number of carbonyl (C=O) groups excluding carboxylic acids is 4. The van der Waals surface area contributed by atoms with Gasteiger partial charge in [0.1, 0.15) is 29.9 Å². The lowest BCUT2D eigenvalue weighted by Gasteiger charge is -2.28. The van der Waals surface area contributed by atoms with Gasteiger partial charge in [0.15, 0.2) is 0 Å². The minimum atomic E-state index is -1.35. The van der Waals surface area contributed by atoms with E-state index in [1.165, 1.54) is 29.2 Å². The number of carboxylic acid groups (broad SMARTS) is 1. The molecule has 35 heavy (non-hydrogen) atoms. The summed E-state index contributed by atoms with van der Waals surface area (Å²) in [4.78, 5) is 62.5. The number of amides is 4.